The van der Waals surface area contributed by atoms with Crippen LogP contribution in [0.25, 0.3) is 0 Å². The van der Waals surface area contributed by atoms with Crippen molar-refractivity contribution in [3.8, 4) is 0 Å². The molecule has 0 aliphatic heterocycles. The molecule has 0 radical (unpaired) electrons. The third kappa shape index (κ3) is 5.11. The van der Waals surface area contributed by atoms with Gasteiger partial charge in [-0.15, -0.1) is 0 Å². The molecule has 0 atom stereocenters. The Hall–Kier alpha value is -0.520. The molecule has 0 aliphatic rings. The van der Waals surface area contributed by atoms with Crippen molar-refractivity contribution in [3.05, 3.63) is 22.4 Å². The summed E-state index contributed by atoms with van der Waals surface area (Å²) in [5.41, 5.74) is 0.990. The maximum absolute atomic E-state index is 13.5. The summed E-state index contributed by atoms with van der Waals surface area (Å²) >= 11 is 2.55. The Labute approximate surface area is 125 Å². The largest absolute Gasteiger partial charge is 0.441 e. The first-order valence-corrected chi connectivity index (χ1v) is 8.24. The lowest BCUT2D eigenvalue weighted by molar-refractivity contribution is -0.0327. The minimum absolute atomic E-state index is 0.00329. The average Bonchev–Trinajstić information content (AvgIpc) is 2.28. The molecule has 0 heterocycles. The normalized spacial score (nSPS) is 12.7. The predicted molar refractivity (Wildman–Crippen MR) is 72.2 cm³/mol. The van der Waals surface area contributed by atoms with Gasteiger partial charge in [0.1, 0.15) is 10.7 Å². The Bertz CT molecular complexity index is 592. The van der Waals surface area contributed by atoms with Crippen molar-refractivity contribution in [2.45, 2.75) is 10.4 Å². The molecule has 1 aromatic carbocycles. The smallest absolute Gasteiger partial charge is 0.398 e. The van der Waals surface area contributed by atoms with Gasteiger partial charge in [-0.1, -0.05) is 0 Å². The SMILES string of the molecule is Nc1cc(S(=O)(=O)NCCSC(F)(F)F)c(F)cc1Br. The molecular weight excluding hydrogens is 388 g/mol. The molecule has 4 nitrogen and oxygen atoms in total. The van der Waals surface area contributed by atoms with Gasteiger partial charge >= 0.3 is 5.51 Å². The van der Waals surface area contributed by atoms with Gasteiger partial charge in [-0.3, -0.25) is 0 Å². The molecule has 0 fully saturated rings. The van der Waals surface area contributed by atoms with Crippen molar-refractivity contribution in [3.63, 3.8) is 0 Å². The lowest BCUT2D eigenvalue weighted by Crippen LogP contribution is -2.27. The second-order valence-corrected chi connectivity index (χ2v) is 7.25. The van der Waals surface area contributed by atoms with Gasteiger partial charge in [0.25, 0.3) is 0 Å². The molecule has 0 spiro atoms. The van der Waals surface area contributed by atoms with E-state index in [0.717, 1.165) is 12.1 Å². The van der Waals surface area contributed by atoms with E-state index in [1.807, 2.05) is 4.72 Å². The number of nitrogens with one attached hydrogen (secondary N) is 1. The topological polar surface area (TPSA) is 72.2 Å². The second kappa shape index (κ2) is 6.50. The Kier molecular flexibility index (Phi) is 5.70. The van der Waals surface area contributed by atoms with Crippen LogP contribution in [0.15, 0.2) is 21.5 Å². The molecule has 0 bridgehead atoms. The van der Waals surface area contributed by atoms with E-state index in [0.29, 0.717) is 0 Å². The summed E-state index contributed by atoms with van der Waals surface area (Å²) in [5.74, 6) is -1.57. The van der Waals surface area contributed by atoms with Crippen LogP contribution in [0, 0.1) is 5.82 Å². The van der Waals surface area contributed by atoms with Gasteiger partial charge in [0.15, 0.2) is 0 Å². The van der Waals surface area contributed by atoms with E-state index in [9.17, 15) is 26.0 Å². The average molecular weight is 397 g/mol. The number of halogens is 5. The standard InChI is InChI=1S/C9H9BrF4N2O2S2/c10-5-3-6(11)8(4-7(5)15)20(17,18)16-1-2-19-9(12,13)14/h3-4,16H,1-2,15H2. The van der Waals surface area contributed by atoms with Crippen molar-refractivity contribution in [2.75, 3.05) is 18.0 Å². The molecule has 114 valence electrons. The maximum atomic E-state index is 13.5. The van der Waals surface area contributed by atoms with E-state index in [1.54, 1.807) is 0 Å². The highest BCUT2D eigenvalue weighted by Crippen LogP contribution is 2.30. The van der Waals surface area contributed by atoms with Crippen LogP contribution in [0.5, 0.6) is 0 Å². The third-order valence-electron chi connectivity index (χ3n) is 2.00. The molecule has 0 saturated heterocycles. The molecule has 20 heavy (non-hydrogen) atoms. The highest BCUT2D eigenvalue weighted by molar-refractivity contribution is 9.10. The summed E-state index contributed by atoms with van der Waals surface area (Å²) in [7, 11) is -4.25. The van der Waals surface area contributed by atoms with Gasteiger partial charge in [0.05, 0.1) is 0 Å². The van der Waals surface area contributed by atoms with Gasteiger partial charge in [0, 0.05) is 22.5 Å². The molecule has 0 aromatic heterocycles. The van der Waals surface area contributed by atoms with Crippen LogP contribution in [0.1, 0.15) is 0 Å². The summed E-state index contributed by atoms with van der Waals surface area (Å²) in [6, 6.07) is 1.76. The molecule has 0 unspecified atom stereocenters. The summed E-state index contributed by atoms with van der Waals surface area (Å²) in [5, 5.41) is 0. The minimum Gasteiger partial charge on any atom is -0.398 e. The van der Waals surface area contributed by atoms with Crippen molar-refractivity contribution >= 4 is 43.4 Å². The third-order valence-corrected chi connectivity index (χ3v) is 4.90. The van der Waals surface area contributed by atoms with Crippen molar-refractivity contribution < 1.29 is 26.0 Å². The molecular formula is C9H9BrF4N2O2S2. The fourth-order valence-electron chi connectivity index (χ4n) is 1.17. The van der Waals surface area contributed by atoms with Crippen LogP contribution in [0.2, 0.25) is 0 Å². The number of hydrogen-bond donors (Lipinski definition) is 2. The van der Waals surface area contributed by atoms with Gasteiger partial charge in [-0.2, -0.15) is 13.2 Å². The highest BCUT2D eigenvalue weighted by atomic mass is 79.9. The Morgan fingerprint density at radius 1 is 1.35 bits per heavy atom. The highest BCUT2D eigenvalue weighted by Gasteiger charge is 2.28. The zero-order chi connectivity index (χ0) is 15.6. The van der Waals surface area contributed by atoms with Crippen LogP contribution < -0.4 is 10.5 Å². The second-order valence-electron chi connectivity index (χ2n) is 3.50. The van der Waals surface area contributed by atoms with E-state index >= 15 is 0 Å². The summed E-state index contributed by atoms with van der Waals surface area (Å²) < 4.78 is 74.6. The van der Waals surface area contributed by atoms with E-state index in [4.69, 9.17) is 5.73 Å². The number of sulfonamides is 1. The Morgan fingerprint density at radius 3 is 2.50 bits per heavy atom. The van der Waals surface area contributed by atoms with E-state index < -0.39 is 38.5 Å². The quantitative estimate of drug-likeness (QED) is 0.455. The number of nitrogen functional groups attached to an aromatic ring is 1. The Morgan fingerprint density at radius 2 is 1.95 bits per heavy atom. The number of alkyl halides is 3. The van der Waals surface area contributed by atoms with E-state index in [2.05, 4.69) is 15.9 Å². The van der Waals surface area contributed by atoms with Crippen molar-refractivity contribution in [1.29, 1.82) is 0 Å². The van der Waals surface area contributed by atoms with Gasteiger partial charge in [-0.05, 0) is 39.8 Å². The number of hydrogen-bond acceptors (Lipinski definition) is 4. The van der Waals surface area contributed by atoms with Crippen molar-refractivity contribution in [1.82, 2.24) is 4.72 Å². The predicted octanol–water partition coefficient (Wildman–Crippen LogP) is 2.70. The van der Waals surface area contributed by atoms with Crippen LogP contribution in [-0.2, 0) is 10.0 Å². The zero-order valence-electron chi connectivity index (χ0n) is 9.67. The lowest BCUT2D eigenvalue weighted by atomic mass is 10.3. The summed E-state index contributed by atoms with van der Waals surface area (Å²) in [6.45, 7) is -0.484. The van der Waals surface area contributed by atoms with E-state index in [1.165, 1.54) is 0 Å². The molecule has 0 saturated carbocycles. The molecule has 1 aromatic rings. The number of benzene rings is 1. The molecule has 0 aliphatic carbocycles. The number of thioether (sulfide) groups is 1. The molecule has 11 heteroatoms. The van der Waals surface area contributed by atoms with Crippen molar-refractivity contribution in [2.24, 2.45) is 0 Å². The molecule has 3 N–H and O–H groups in total. The monoisotopic (exact) mass is 396 g/mol. The first kappa shape index (κ1) is 17.5. The maximum Gasteiger partial charge on any atom is 0.441 e. The lowest BCUT2D eigenvalue weighted by Gasteiger charge is -2.10. The Balaban J connectivity index is 2.77. The summed E-state index contributed by atoms with van der Waals surface area (Å²) in [4.78, 5) is -0.713. The van der Waals surface area contributed by atoms with Gasteiger partial charge in [-0.25, -0.2) is 17.5 Å². The van der Waals surface area contributed by atoms with Crippen LogP contribution in [0.4, 0.5) is 23.2 Å². The number of rotatable bonds is 5. The van der Waals surface area contributed by atoms with Crippen LogP contribution in [0.3, 0.4) is 0 Å². The first-order valence-electron chi connectivity index (χ1n) is 4.98. The van der Waals surface area contributed by atoms with Crippen LogP contribution in [-0.4, -0.2) is 26.2 Å². The fourth-order valence-corrected chi connectivity index (χ4v) is 3.18. The summed E-state index contributed by atoms with van der Waals surface area (Å²) in [6.07, 6.45) is 0. The molecule has 1 rings (SSSR count). The van der Waals surface area contributed by atoms with Crippen LogP contribution >= 0.6 is 27.7 Å². The van der Waals surface area contributed by atoms with Gasteiger partial charge < -0.3 is 5.73 Å². The minimum atomic E-state index is -4.45. The fraction of sp³-hybridized carbons (Fsp3) is 0.333. The molecule has 0 amide bonds. The van der Waals surface area contributed by atoms with Gasteiger partial charge in [0.2, 0.25) is 10.0 Å². The van der Waals surface area contributed by atoms with E-state index in [-0.39, 0.29) is 21.9 Å². The number of anilines is 1. The first-order chi connectivity index (χ1) is 9.03. The zero-order valence-corrected chi connectivity index (χ0v) is 12.9. The number of nitrogens with two attached hydrogens (primary N) is 1.